The highest BCUT2D eigenvalue weighted by molar-refractivity contribution is 5.98. The molecular formula is C13H17FN2O4. The Morgan fingerprint density at radius 1 is 1.25 bits per heavy atom. The first-order chi connectivity index (χ1) is 9.32. The molecule has 1 rings (SSSR count). The number of rotatable bonds is 6. The van der Waals surface area contributed by atoms with Crippen molar-refractivity contribution in [3.63, 3.8) is 0 Å². The second-order valence-electron chi connectivity index (χ2n) is 4.56. The van der Waals surface area contributed by atoms with Gasteiger partial charge in [-0.05, 0) is 26.2 Å². The molecule has 1 amide bonds. The van der Waals surface area contributed by atoms with Crippen LogP contribution in [0, 0.1) is 5.82 Å². The largest absolute Gasteiger partial charge is 0.507 e. The summed E-state index contributed by atoms with van der Waals surface area (Å²) in [5.74, 6) is -3.43. The predicted octanol–water partition coefficient (Wildman–Crippen LogP) is 0.620. The summed E-state index contributed by atoms with van der Waals surface area (Å²) in [6.07, 6.45) is 0. The van der Waals surface area contributed by atoms with E-state index in [4.69, 9.17) is 5.11 Å². The number of nitrogens with zero attached hydrogens (tertiary/aromatic N) is 2. The lowest BCUT2D eigenvalue weighted by Gasteiger charge is -2.23. The van der Waals surface area contributed by atoms with Gasteiger partial charge in [0, 0.05) is 13.1 Å². The average molecular weight is 284 g/mol. The third-order valence-corrected chi connectivity index (χ3v) is 2.64. The van der Waals surface area contributed by atoms with Crippen LogP contribution in [0.5, 0.6) is 5.75 Å². The molecule has 0 radical (unpaired) electrons. The Kier molecular flexibility index (Phi) is 5.45. The third-order valence-electron chi connectivity index (χ3n) is 2.64. The van der Waals surface area contributed by atoms with Crippen molar-refractivity contribution in [1.29, 1.82) is 0 Å². The number of phenolic OH excluding ortho intramolecular Hbond substituents is 1. The number of hydrogen-bond acceptors (Lipinski definition) is 4. The SMILES string of the molecule is CN(C)CCN(CC(=O)O)C(=O)c1c(O)cccc1F. The van der Waals surface area contributed by atoms with Crippen LogP contribution in [0.4, 0.5) is 4.39 Å². The van der Waals surface area contributed by atoms with E-state index in [1.165, 1.54) is 12.1 Å². The predicted molar refractivity (Wildman–Crippen MR) is 70.2 cm³/mol. The molecule has 0 unspecified atom stereocenters. The van der Waals surface area contributed by atoms with Gasteiger partial charge in [0.05, 0.1) is 0 Å². The topological polar surface area (TPSA) is 81.1 Å². The number of benzene rings is 1. The zero-order valence-corrected chi connectivity index (χ0v) is 11.3. The van der Waals surface area contributed by atoms with E-state index in [1.54, 1.807) is 19.0 Å². The molecule has 0 heterocycles. The first-order valence-electron chi connectivity index (χ1n) is 5.96. The van der Waals surface area contributed by atoms with Crippen molar-refractivity contribution in [1.82, 2.24) is 9.80 Å². The summed E-state index contributed by atoms with van der Waals surface area (Å²) in [6, 6.07) is 3.49. The fourth-order valence-corrected chi connectivity index (χ4v) is 1.62. The van der Waals surface area contributed by atoms with Crippen LogP contribution in [0.2, 0.25) is 0 Å². The van der Waals surface area contributed by atoms with Gasteiger partial charge in [0.25, 0.3) is 5.91 Å². The number of phenols is 1. The van der Waals surface area contributed by atoms with Crippen molar-refractivity contribution in [3.05, 3.63) is 29.6 Å². The lowest BCUT2D eigenvalue weighted by atomic mass is 10.1. The van der Waals surface area contributed by atoms with E-state index < -0.39 is 35.6 Å². The Morgan fingerprint density at radius 3 is 2.40 bits per heavy atom. The second kappa shape index (κ2) is 6.85. The van der Waals surface area contributed by atoms with Crippen molar-refractivity contribution >= 4 is 11.9 Å². The third kappa shape index (κ3) is 4.20. The van der Waals surface area contributed by atoms with Crippen LogP contribution in [0.1, 0.15) is 10.4 Å². The van der Waals surface area contributed by atoms with E-state index in [0.29, 0.717) is 6.54 Å². The van der Waals surface area contributed by atoms with E-state index in [-0.39, 0.29) is 6.54 Å². The number of carbonyl (C=O) groups excluding carboxylic acids is 1. The van der Waals surface area contributed by atoms with Gasteiger partial charge >= 0.3 is 5.97 Å². The highest BCUT2D eigenvalue weighted by Gasteiger charge is 2.24. The number of hydrogen-bond donors (Lipinski definition) is 2. The van der Waals surface area contributed by atoms with Crippen molar-refractivity contribution in [2.45, 2.75) is 0 Å². The number of aromatic hydroxyl groups is 1. The lowest BCUT2D eigenvalue weighted by Crippen LogP contribution is -2.40. The van der Waals surface area contributed by atoms with Gasteiger partial charge in [0.15, 0.2) is 0 Å². The van der Waals surface area contributed by atoms with Crippen molar-refractivity contribution < 1.29 is 24.2 Å². The Morgan fingerprint density at radius 2 is 1.90 bits per heavy atom. The van der Waals surface area contributed by atoms with Crippen LogP contribution in [-0.2, 0) is 4.79 Å². The summed E-state index contributed by atoms with van der Waals surface area (Å²) in [5.41, 5.74) is -0.507. The minimum absolute atomic E-state index is 0.117. The molecule has 0 spiro atoms. The summed E-state index contributed by atoms with van der Waals surface area (Å²) in [5, 5.41) is 18.4. The van der Waals surface area contributed by atoms with Crippen LogP contribution in [0.25, 0.3) is 0 Å². The minimum atomic E-state index is -1.20. The molecule has 0 aliphatic heterocycles. The quantitative estimate of drug-likeness (QED) is 0.800. The fourth-order valence-electron chi connectivity index (χ4n) is 1.62. The zero-order valence-electron chi connectivity index (χ0n) is 11.3. The molecule has 0 aromatic heterocycles. The molecule has 1 aromatic carbocycles. The van der Waals surface area contributed by atoms with Crippen molar-refractivity contribution in [3.8, 4) is 5.75 Å². The zero-order chi connectivity index (χ0) is 15.3. The number of aliphatic carboxylic acids is 1. The monoisotopic (exact) mass is 284 g/mol. The highest BCUT2D eigenvalue weighted by Crippen LogP contribution is 2.21. The van der Waals surface area contributed by atoms with Crippen LogP contribution in [0.15, 0.2) is 18.2 Å². The van der Waals surface area contributed by atoms with Gasteiger partial charge in [0.2, 0.25) is 0 Å². The summed E-state index contributed by atoms with van der Waals surface area (Å²) < 4.78 is 13.6. The van der Waals surface area contributed by atoms with E-state index in [1.807, 2.05) is 0 Å². The van der Waals surface area contributed by atoms with E-state index in [2.05, 4.69) is 0 Å². The normalized spacial score (nSPS) is 10.6. The molecule has 0 fully saturated rings. The van der Waals surface area contributed by atoms with Crippen molar-refractivity contribution in [2.75, 3.05) is 33.7 Å². The summed E-state index contributed by atoms with van der Waals surface area (Å²) in [6.45, 7) is -0.0133. The summed E-state index contributed by atoms with van der Waals surface area (Å²) in [4.78, 5) is 25.7. The number of carbonyl (C=O) groups is 2. The molecule has 0 bridgehead atoms. The molecule has 2 N–H and O–H groups in total. The molecule has 20 heavy (non-hydrogen) atoms. The number of carboxylic acid groups (broad SMARTS) is 1. The molecule has 0 aliphatic rings. The van der Waals surface area contributed by atoms with Crippen LogP contribution < -0.4 is 0 Å². The molecule has 1 aromatic rings. The molecule has 0 aliphatic carbocycles. The highest BCUT2D eigenvalue weighted by atomic mass is 19.1. The molecule has 6 nitrogen and oxygen atoms in total. The van der Waals surface area contributed by atoms with E-state index in [9.17, 15) is 19.1 Å². The van der Waals surface area contributed by atoms with Crippen LogP contribution in [0.3, 0.4) is 0 Å². The minimum Gasteiger partial charge on any atom is -0.507 e. The maximum atomic E-state index is 13.6. The second-order valence-corrected chi connectivity index (χ2v) is 4.56. The Labute approximate surface area is 116 Å². The average Bonchev–Trinajstić information content (AvgIpc) is 2.33. The van der Waals surface area contributed by atoms with Gasteiger partial charge < -0.3 is 20.0 Å². The van der Waals surface area contributed by atoms with Crippen LogP contribution in [-0.4, -0.2) is 65.6 Å². The molecule has 0 saturated carbocycles. The van der Waals surface area contributed by atoms with Gasteiger partial charge in [-0.25, -0.2) is 4.39 Å². The number of carboxylic acids is 1. The van der Waals surface area contributed by atoms with Gasteiger partial charge in [-0.1, -0.05) is 6.07 Å². The maximum absolute atomic E-state index is 13.6. The van der Waals surface area contributed by atoms with Crippen molar-refractivity contribution in [2.24, 2.45) is 0 Å². The summed E-state index contributed by atoms with van der Waals surface area (Å²) in [7, 11) is 3.54. The molecule has 7 heteroatoms. The smallest absolute Gasteiger partial charge is 0.323 e. The Hall–Kier alpha value is -2.15. The standard InChI is InChI=1S/C13H17FN2O4/c1-15(2)6-7-16(8-11(18)19)13(20)12-9(14)4-3-5-10(12)17/h3-5,17H,6-8H2,1-2H3,(H,18,19). The molecule has 0 saturated heterocycles. The van der Waals surface area contributed by atoms with Gasteiger partial charge in [-0.2, -0.15) is 0 Å². The van der Waals surface area contributed by atoms with Gasteiger partial charge in [-0.15, -0.1) is 0 Å². The van der Waals surface area contributed by atoms with Crippen LogP contribution >= 0.6 is 0 Å². The fraction of sp³-hybridized carbons (Fsp3) is 0.385. The molecular weight excluding hydrogens is 267 g/mol. The number of likely N-dealkylation sites (N-methyl/N-ethyl adjacent to an activating group) is 1. The first-order valence-corrected chi connectivity index (χ1v) is 5.96. The Bertz CT molecular complexity index is 485. The lowest BCUT2D eigenvalue weighted by molar-refractivity contribution is -0.137. The Balaban J connectivity index is 3.00. The number of halogens is 1. The van der Waals surface area contributed by atoms with E-state index in [0.717, 1.165) is 11.0 Å². The molecule has 110 valence electrons. The summed E-state index contributed by atoms with van der Waals surface area (Å²) >= 11 is 0. The van der Waals surface area contributed by atoms with Gasteiger partial charge in [0.1, 0.15) is 23.7 Å². The first kappa shape index (κ1) is 15.9. The number of amides is 1. The maximum Gasteiger partial charge on any atom is 0.323 e. The van der Waals surface area contributed by atoms with E-state index >= 15 is 0 Å². The van der Waals surface area contributed by atoms with Gasteiger partial charge in [-0.3, -0.25) is 9.59 Å². The molecule has 0 atom stereocenters.